The number of amides is 1. The molecule has 0 heterocycles. The molecule has 1 aliphatic rings. The smallest absolute Gasteiger partial charge is 0.226 e. The minimum Gasteiger partial charge on any atom is -0.491 e. The monoisotopic (exact) mass is 360 g/mol. The van der Waals surface area contributed by atoms with Crippen molar-refractivity contribution in [2.45, 2.75) is 38.1 Å². The van der Waals surface area contributed by atoms with Crippen LogP contribution in [-0.2, 0) is 4.79 Å². The highest BCUT2D eigenvalue weighted by Crippen LogP contribution is 2.37. The van der Waals surface area contributed by atoms with Crippen molar-refractivity contribution in [1.29, 1.82) is 0 Å². The highest BCUT2D eigenvalue weighted by Gasteiger charge is 2.34. The SMILES string of the molecule is CCOc1c(Br)cc(Cl)cc1NC(=O)CC1(N)CCC1. The summed E-state index contributed by atoms with van der Waals surface area (Å²) < 4.78 is 6.26. The molecule has 0 spiro atoms. The molecule has 1 aliphatic carbocycles. The summed E-state index contributed by atoms with van der Waals surface area (Å²) in [5.74, 6) is 0.479. The lowest BCUT2D eigenvalue weighted by molar-refractivity contribution is -0.118. The van der Waals surface area contributed by atoms with E-state index in [4.69, 9.17) is 22.1 Å². The van der Waals surface area contributed by atoms with Gasteiger partial charge in [0.25, 0.3) is 0 Å². The fourth-order valence-electron chi connectivity index (χ4n) is 2.27. The molecule has 0 aliphatic heterocycles. The van der Waals surface area contributed by atoms with Crippen LogP contribution in [0.1, 0.15) is 32.6 Å². The highest BCUT2D eigenvalue weighted by molar-refractivity contribution is 9.10. The first-order chi connectivity index (χ1) is 9.43. The van der Waals surface area contributed by atoms with E-state index in [0.717, 1.165) is 19.3 Å². The van der Waals surface area contributed by atoms with Gasteiger partial charge in [-0.2, -0.15) is 0 Å². The van der Waals surface area contributed by atoms with E-state index >= 15 is 0 Å². The van der Waals surface area contributed by atoms with Gasteiger partial charge >= 0.3 is 0 Å². The molecule has 0 saturated heterocycles. The average molecular weight is 362 g/mol. The van der Waals surface area contributed by atoms with Crippen LogP contribution in [0.3, 0.4) is 0 Å². The number of anilines is 1. The summed E-state index contributed by atoms with van der Waals surface area (Å²) in [4.78, 5) is 12.1. The Morgan fingerprint density at radius 3 is 2.80 bits per heavy atom. The summed E-state index contributed by atoms with van der Waals surface area (Å²) in [5, 5.41) is 3.37. The lowest BCUT2D eigenvalue weighted by atomic mass is 9.75. The third-order valence-corrected chi connectivity index (χ3v) is 4.24. The summed E-state index contributed by atoms with van der Waals surface area (Å²) in [6, 6.07) is 3.41. The van der Waals surface area contributed by atoms with Crippen molar-refractivity contribution in [3.8, 4) is 5.75 Å². The van der Waals surface area contributed by atoms with E-state index in [1.165, 1.54) is 0 Å². The minimum absolute atomic E-state index is 0.109. The number of hydrogen-bond acceptors (Lipinski definition) is 3. The fourth-order valence-corrected chi connectivity index (χ4v) is 3.19. The summed E-state index contributed by atoms with van der Waals surface area (Å²) in [6.45, 7) is 2.39. The molecule has 1 amide bonds. The van der Waals surface area contributed by atoms with Gasteiger partial charge in [-0.3, -0.25) is 4.79 Å². The molecular formula is C14H18BrClN2O2. The number of rotatable bonds is 5. The number of halogens is 2. The summed E-state index contributed by atoms with van der Waals surface area (Å²) >= 11 is 9.41. The van der Waals surface area contributed by atoms with Crippen molar-refractivity contribution in [1.82, 2.24) is 0 Å². The molecule has 0 aromatic heterocycles. The van der Waals surface area contributed by atoms with Gasteiger partial charge in [0.15, 0.2) is 5.75 Å². The summed E-state index contributed by atoms with van der Waals surface area (Å²) in [5.41, 5.74) is 6.31. The van der Waals surface area contributed by atoms with Crippen LogP contribution in [0.2, 0.25) is 5.02 Å². The molecule has 0 radical (unpaired) electrons. The fraction of sp³-hybridized carbons (Fsp3) is 0.500. The second kappa shape index (κ2) is 6.33. The normalized spacial score (nSPS) is 16.4. The second-order valence-electron chi connectivity index (χ2n) is 5.14. The predicted molar refractivity (Wildman–Crippen MR) is 84.3 cm³/mol. The second-order valence-corrected chi connectivity index (χ2v) is 6.43. The topological polar surface area (TPSA) is 64.3 Å². The third-order valence-electron chi connectivity index (χ3n) is 3.43. The largest absolute Gasteiger partial charge is 0.491 e. The minimum atomic E-state index is -0.342. The number of carbonyl (C=O) groups excluding carboxylic acids is 1. The molecule has 0 atom stereocenters. The van der Waals surface area contributed by atoms with Gasteiger partial charge in [0.1, 0.15) is 0 Å². The maximum atomic E-state index is 12.1. The molecule has 0 bridgehead atoms. The molecule has 1 fully saturated rings. The van der Waals surface area contributed by atoms with E-state index in [1.807, 2.05) is 6.92 Å². The van der Waals surface area contributed by atoms with E-state index in [9.17, 15) is 4.79 Å². The van der Waals surface area contributed by atoms with Gasteiger partial charge in [-0.1, -0.05) is 11.6 Å². The molecule has 1 saturated carbocycles. The molecular weight excluding hydrogens is 344 g/mol. The Kier molecular flexibility index (Phi) is 4.94. The van der Waals surface area contributed by atoms with Crippen LogP contribution in [0.4, 0.5) is 5.69 Å². The number of ether oxygens (including phenoxy) is 1. The standard InChI is InChI=1S/C14H18BrClN2O2/c1-2-20-13-10(15)6-9(16)7-11(13)18-12(19)8-14(17)4-3-5-14/h6-7H,2-5,8,17H2,1H3,(H,18,19). The number of nitrogens with one attached hydrogen (secondary N) is 1. The summed E-state index contributed by atoms with van der Waals surface area (Å²) in [6.07, 6.45) is 3.22. The van der Waals surface area contributed by atoms with Gasteiger partial charge in [-0.05, 0) is 54.2 Å². The Balaban J connectivity index is 2.13. The van der Waals surface area contributed by atoms with Crippen molar-refractivity contribution >= 4 is 39.1 Å². The van der Waals surface area contributed by atoms with Crippen molar-refractivity contribution in [3.05, 3.63) is 21.6 Å². The molecule has 3 N–H and O–H groups in total. The molecule has 2 rings (SSSR count). The predicted octanol–water partition coefficient (Wildman–Crippen LogP) is 3.71. The number of carbonyl (C=O) groups is 1. The van der Waals surface area contributed by atoms with Gasteiger partial charge in [0.05, 0.1) is 16.8 Å². The van der Waals surface area contributed by atoms with E-state index in [1.54, 1.807) is 12.1 Å². The lowest BCUT2D eigenvalue weighted by Crippen LogP contribution is -2.48. The zero-order valence-electron chi connectivity index (χ0n) is 11.3. The molecule has 6 heteroatoms. The Labute approximate surface area is 132 Å². The van der Waals surface area contributed by atoms with Gasteiger partial charge in [0, 0.05) is 17.0 Å². The third kappa shape index (κ3) is 3.65. The first kappa shape index (κ1) is 15.6. The van der Waals surface area contributed by atoms with Crippen LogP contribution in [0, 0.1) is 0 Å². The van der Waals surface area contributed by atoms with Gasteiger partial charge in [-0.15, -0.1) is 0 Å². The first-order valence-electron chi connectivity index (χ1n) is 6.64. The molecule has 110 valence electrons. The number of benzene rings is 1. The average Bonchev–Trinajstić information content (AvgIpc) is 2.31. The zero-order chi connectivity index (χ0) is 14.8. The van der Waals surface area contributed by atoms with Crippen molar-refractivity contribution in [2.75, 3.05) is 11.9 Å². The first-order valence-corrected chi connectivity index (χ1v) is 7.81. The lowest BCUT2D eigenvalue weighted by Gasteiger charge is -2.37. The zero-order valence-corrected chi connectivity index (χ0v) is 13.7. The number of nitrogens with two attached hydrogens (primary N) is 1. The molecule has 1 aromatic rings. The van der Waals surface area contributed by atoms with Crippen LogP contribution < -0.4 is 15.8 Å². The molecule has 0 unspecified atom stereocenters. The van der Waals surface area contributed by atoms with Crippen LogP contribution in [0.25, 0.3) is 0 Å². The van der Waals surface area contributed by atoms with Crippen LogP contribution in [0.15, 0.2) is 16.6 Å². The van der Waals surface area contributed by atoms with Gasteiger partial charge in [0.2, 0.25) is 5.91 Å². The highest BCUT2D eigenvalue weighted by atomic mass is 79.9. The molecule has 4 nitrogen and oxygen atoms in total. The van der Waals surface area contributed by atoms with Crippen LogP contribution in [-0.4, -0.2) is 18.1 Å². The maximum absolute atomic E-state index is 12.1. The quantitative estimate of drug-likeness (QED) is 0.840. The van der Waals surface area contributed by atoms with Crippen molar-refractivity contribution in [2.24, 2.45) is 5.73 Å². The van der Waals surface area contributed by atoms with Crippen LogP contribution >= 0.6 is 27.5 Å². The summed E-state index contributed by atoms with van der Waals surface area (Å²) in [7, 11) is 0. The Morgan fingerprint density at radius 1 is 1.55 bits per heavy atom. The van der Waals surface area contributed by atoms with Crippen LogP contribution in [0.5, 0.6) is 5.75 Å². The van der Waals surface area contributed by atoms with E-state index in [-0.39, 0.29) is 11.4 Å². The van der Waals surface area contributed by atoms with Crippen molar-refractivity contribution in [3.63, 3.8) is 0 Å². The molecule has 20 heavy (non-hydrogen) atoms. The Bertz CT molecular complexity index is 518. The molecule has 1 aromatic carbocycles. The van der Waals surface area contributed by atoms with E-state index in [0.29, 0.717) is 34.0 Å². The van der Waals surface area contributed by atoms with E-state index < -0.39 is 0 Å². The van der Waals surface area contributed by atoms with Gasteiger partial charge < -0.3 is 15.8 Å². The Hall–Kier alpha value is -0.780. The maximum Gasteiger partial charge on any atom is 0.226 e. The Morgan fingerprint density at radius 2 is 2.25 bits per heavy atom. The van der Waals surface area contributed by atoms with Crippen molar-refractivity contribution < 1.29 is 9.53 Å². The van der Waals surface area contributed by atoms with E-state index in [2.05, 4.69) is 21.2 Å². The number of hydrogen-bond donors (Lipinski definition) is 2. The van der Waals surface area contributed by atoms with Gasteiger partial charge in [-0.25, -0.2) is 0 Å².